The molecular formula is C28H31NO4. The van der Waals surface area contributed by atoms with Crippen LogP contribution in [-0.4, -0.2) is 22.7 Å². The monoisotopic (exact) mass is 445 g/mol. The fourth-order valence-corrected chi connectivity index (χ4v) is 4.44. The number of aliphatic carboxylic acids is 1. The lowest BCUT2D eigenvalue weighted by Crippen LogP contribution is -2.13. The highest BCUT2D eigenvalue weighted by molar-refractivity contribution is 5.77. The third-order valence-electron chi connectivity index (χ3n) is 6.40. The first-order valence-electron chi connectivity index (χ1n) is 11.7. The number of rotatable bonds is 8. The van der Waals surface area contributed by atoms with Gasteiger partial charge in [0.1, 0.15) is 11.5 Å². The average molecular weight is 446 g/mol. The van der Waals surface area contributed by atoms with Gasteiger partial charge in [0.25, 0.3) is 0 Å². The van der Waals surface area contributed by atoms with Crippen LogP contribution in [0.1, 0.15) is 54.8 Å². The number of nitrogens with zero attached hydrogens (tertiary/aromatic N) is 1. The smallest absolute Gasteiger partial charge is 0.307 e. The van der Waals surface area contributed by atoms with Crippen molar-refractivity contribution < 1.29 is 19.1 Å². The molecule has 5 heteroatoms. The van der Waals surface area contributed by atoms with Crippen LogP contribution in [0.15, 0.2) is 53.0 Å². The lowest BCUT2D eigenvalue weighted by atomic mass is 9.79. The molecule has 1 N–H and O–H groups in total. The van der Waals surface area contributed by atoms with Crippen molar-refractivity contribution in [3.05, 3.63) is 76.7 Å². The zero-order valence-corrected chi connectivity index (χ0v) is 19.6. The normalized spacial score (nSPS) is 16.6. The van der Waals surface area contributed by atoms with Gasteiger partial charge in [-0.2, -0.15) is 0 Å². The first kappa shape index (κ1) is 22.8. The Balaban J connectivity index is 1.46. The van der Waals surface area contributed by atoms with Gasteiger partial charge in [0.05, 0.1) is 18.7 Å². The van der Waals surface area contributed by atoms with Crippen LogP contribution < -0.4 is 4.74 Å². The highest BCUT2D eigenvalue weighted by atomic mass is 16.5. The third kappa shape index (κ3) is 5.19. The van der Waals surface area contributed by atoms with E-state index in [1.807, 2.05) is 25.1 Å². The molecule has 0 aliphatic heterocycles. The van der Waals surface area contributed by atoms with E-state index in [1.165, 1.54) is 11.1 Å². The van der Waals surface area contributed by atoms with Crippen molar-refractivity contribution in [1.29, 1.82) is 0 Å². The fourth-order valence-electron chi connectivity index (χ4n) is 4.44. The zero-order valence-electron chi connectivity index (χ0n) is 19.6. The molecule has 172 valence electrons. The van der Waals surface area contributed by atoms with E-state index in [2.05, 4.69) is 44.2 Å². The second-order valence-electron chi connectivity index (χ2n) is 8.65. The average Bonchev–Trinajstić information content (AvgIpc) is 3.18. The van der Waals surface area contributed by atoms with Crippen molar-refractivity contribution in [3.8, 4) is 17.2 Å². The molecule has 0 spiro atoms. The molecule has 1 aliphatic rings. The van der Waals surface area contributed by atoms with E-state index in [-0.39, 0.29) is 6.42 Å². The summed E-state index contributed by atoms with van der Waals surface area (Å²) < 4.78 is 12.1. The topological polar surface area (TPSA) is 72.6 Å². The number of allylic oxidation sites excluding steroid dienone is 1. The predicted octanol–water partition coefficient (Wildman–Crippen LogP) is 6.27. The Kier molecular flexibility index (Phi) is 6.97. The Morgan fingerprint density at radius 1 is 1.24 bits per heavy atom. The van der Waals surface area contributed by atoms with Gasteiger partial charge in [-0.1, -0.05) is 44.2 Å². The summed E-state index contributed by atoms with van der Waals surface area (Å²) in [5.41, 5.74) is 6.57. The van der Waals surface area contributed by atoms with Crippen molar-refractivity contribution >= 4 is 11.5 Å². The first-order chi connectivity index (χ1) is 16.0. The molecule has 0 saturated heterocycles. The molecular weight excluding hydrogens is 414 g/mol. The number of hydrogen-bond acceptors (Lipinski definition) is 4. The molecule has 1 unspecified atom stereocenters. The third-order valence-corrected chi connectivity index (χ3v) is 6.40. The molecule has 0 radical (unpaired) electrons. The highest BCUT2D eigenvalue weighted by Gasteiger charge is 2.23. The molecule has 5 nitrogen and oxygen atoms in total. The molecule has 33 heavy (non-hydrogen) atoms. The molecule has 0 bridgehead atoms. The van der Waals surface area contributed by atoms with Gasteiger partial charge in [-0.15, -0.1) is 0 Å². The maximum atomic E-state index is 11.1. The SMILES string of the molecule is CCc1ccc(-c2nc(CCOc3cccc4c3CCC(C)/C4=C/CC(=O)O)c(C)o2)cc1. The Bertz CT molecular complexity index is 1160. The molecule has 1 aliphatic carbocycles. The van der Waals surface area contributed by atoms with Crippen LogP contribution in [0.4, 0.5) is 0 Å². The largest absolute Gasteiger partial charge is 0.493 e. The molecule has 0 fully saturated rings. The van der Waals surface area contributed by atoms with Crippen LogP contribution in [0, 0.1) is 12.8 Å². The van der Waals surface area contributed by atoms with E-state index in [9.17, 15) is 4.79 Å². The second kappa shape index (κ2) is 10.1. The molecule has 1 atom stereocenters. The van der Waals surface area contributed by atoms with Gasteiger partial charge in [0.15, 0.2) is 0 Å². The fraction of sp³-hybridized carbons (Fsp3) is 0.357. The Hall–Kier alpha value is -3.34. The number of hydrogen-bond donors (Lipinski definition) is 1. The molecule has 4 rings (SSSR count). The van der Waals surface area contributed by atoms with Crippen LogP contribution in [0.25, 0.3) is 17.0 Å². The van der Waals surface area contributed by atoms with E-state index in [0.29, 0.717) is 24.8 Å². The number of aryl methyl sites for hydroxylation is 2. The van der Waals surface area contributed by atoms with Crippen LogP contribution in [0.5, 0.6) is 5.75 Å². The van der Waals surface area contributed by atoms with Gasteiger partial charge in [-0.25, -0.2) is 4.98 Å². The summed E-state index contributed by atoms with van der Waals surface area (Å²) in [5, 5.41) is 9.09. The minimum absolute atomic E-state index is 0.0408. The summed E-state index contributed by atoms with van der Waals surface area (Å²) in [5.74, 6) is 1.87. The number of oxazole rings is 1. The molecule has 1 aromatic heterocycles. The number of carboxylic acids is 1. The van der Waals surface area contributed by atoms with E-state index < -0.39 is 5.97 Å². The van der Waals surface area contributed by atoms with Gasteiger partial charge in [-0.05, 0) is 67.0 Å². The number of ether oxygens (including phenoxy) is 1. The predicted molar refractivity (Wildman–Crippen MR) is 129 cm³/mol. The van der Waals surface area contributed by atoms with E-state index >= 15 is 0 Å². The Morgan fingerprint density at radius 3 is 2.76 bits per heavy atom. The van der Waals surface area contributed by atoms with Crippen LogP contribution in [0.3, 0.4) is 0 Å². The molecule has 3 aromatic rings. The van der Waals surface area contributed by atoms with Gasteiger partial charge >= 0.3 is 5.97 Å². The second-order valence-corrected chi connectivity index (χ2v) is 8.65. The van der Waals surface area contributed by atoms with Crippen LogP contribution >= 0.6 is 0 Å². The first-order valence-corrected chi connectivity index (χ1v) is 11.7. The maximum Gasteiger partial charge on any atom is 0.307 e. The lowest BCUT2D eigenvalue weighted by molar-refractivity contribution is -0.136. The summed E-state index contributed by atoms with van der Waals surface area (Å²) in [6.45, 7) is 6.74. The molecule has 2 aromatic carbocycles. The van der Waals surface area contributed by atoms with Crippen molar-refractivity contribution in [3.63, 3.8) is 0 Å². The van der Waals surface area contributed by atoms with Crippen LogP contribution in [-0.2, 0) is 24.1 Å². The number of carboxylic acid groups (broad SMARTS) is 1. The summed E-state index contributed by atoms with van der Waals surface area (Å²) in [6, 6.07) is 14.4. The van der Waals surface area contributed by atoms with E-state index in [1.54, 1.807) is 0 Å². The lowest BCUT2D eigenvalue weighted by Gasteiger charge is -2.27. The van der Waals surface area contributed by atoms with Gasteiger partial charge in [-0.3, -0.25) is 4.79 Å². The van der Waals surface area contributed by atoms with Crippen molar-refractivity contribution in [1.82, 2.24) is 4.98 Å². The number of fused-ring (bicyclic) bond motifs is 1. The van der Waals surface area contributed by atoms with Gasteiger partial charge in [0.2, 0.25) is 5.89 Å². The van der Waals surface area contributed by atoms with Crippen molar-refractivity contribution in [2.75, 3.05) is 6.61 Å². The quantitative estimate of drug-likeness (QED) is 0.442. The van der Waals surface area contributed by atoms with Crippen LogP contribution in [0.2, 0.25) is 0 Å². The molecule has 0 saturated carbocycles. The molecule has 0 amide bonds. The summed E-state index contributed by atoms with van der Waals surface area (Å²) >= 11 is 0. The summed E-state index contributed by atoms with van der Waals surface area (Å²) in [7, 11) is 0. The van der Waals surface area contributed by atoms with Gasteiger partial charge in [0, 0.05) is 17.5 Å². The standard InChI is InChI=1S/C28H31NO4/c1-4-20-9-11-21(12-10-20)28-29-25(19(3)33-28)16-17-32-26-7-5-6-23-22(14-15-27(30)31)18(2)8-13-24(23)26/h5-7,9-12,14,18H,4,8,13,15-17H2,1-3H3,(H,30,31)/b22-14-. The summed E-state index contributed by atoms with van der Waals surface area (Å²) in [6.07, 6.45) is 5.47. The van der Waals surface area contributed by atoms with Crippen molar-refractivity contribution in [2.24, 2.45) is 5.92 Å². The summed E-state index contributed by atoms with van der Waals surface area (Å²) in [4.78, 5) is 15.8. The maximum absolute atomic E-state index is 11.1. The zero-order chi connectivity index (χ0) is 23.4. The molecule has 1 heterocycles. The number of benzene rings is 2. The van der Waals surface area contributed by atoms with E-state index in [4.69, 9.17) is 19.2 Å². The Morgan fingerprint density at radius 2 is 2.03 bits per heavy atom. The van der Waals surface area contributed by atoms with Crippen molar-refractivity contribution in [2.45, 2.75) is 52.9 Å². The van der Waals surface area contributed by atoms with E-state index in [0.717, 1.165) is 53.2 Å². The number of carbonyl (C=O) groups is 1. The highest BCUT2D eigenvalue weighted by Crippen LogP contribution is 2.39. The minimum Gasteiger partial charge on any atom is -0.493 e. The van der Waals surface area contributed by atoms with Gasteiger partial charge < -0.3 is 14.3 Å². The Labute approximate surface area is 195 Å². The minimum atomic E-state index is -0.808. The number of aromatic nitrogens is 1.